The zero-order valence-electron chi connectivity index (χ0n) is 7.91. The van der Waals surface area contributed by atoms with Crippen molar-refractivity contribution in [2.75, 3.05) is 5.43 Å². The first-order valence-corrected chi connectivity index (χ1v) is 4.06. The van der Waals surface area contributed by atoms with Crippen LogP contribution in [0.5, 0.6) is 0 Å². The number of hydrogen-bond acceptors (Lipinski definition) is 6. The van der Waals surface area contributed by atoms with E-state index in [4.69, 9.17) is 10.5 Å². The van der Waals surface area contributed by atoms with E-state index in [1.807, 2.05) is 0 Å². The Morgan fingerprint density at radius 2 is 2.00 bits per heavy atom. The number of benzene rings is 1. The summed E-state index contributed by atoms with van der Waals surface area (Å²) < 4.78 is 0. The Kier molecular flexibility index (Phi) is 3.54. The van der Waals surface area contributed by atoms with Gasteiger partial charge in [0.15, 0.2) is 0 Å². The lowest BCUT2D eigenvalue weighted by molar-refractivity contribution is -0.384. The highest BCUT2D eigenvalue weighted by molar-refractivity contribution is 6.10. The minimum atomic E-state index is -0.587. The molecule has 7 heteroatoms. The van der Waals surface area contributed by atoms with E-state index in [1.54, 1.807) is 6.07 Å². The summed E-state index contributed by atoms with van der Waals surface area (Å²) in [6.07, 6.45) is 0. The normalized spacial score (nSPS) is 8.38. The Hall–Kier alpha value is -2.93. The molecular weight excluding hydrogens is 210 g/mol. The average molecular weight is 215 g/mol. The molecule has 0 saturated heterocycles. The molecule has 0 aliphatic heterocycles. The first kappa shape index (κ1) is 11.1. The zero-order chi connectivity index (χ0) is 12.0. The lowest BCUT2D eigenvalue weighted by atomic mass is 10.3. The first-order valence-electron chi connectivity index (χ1n) is 4.06. The van der Waals surface area contributed by atoms with Crippen molar-refractivity contribution in [1.29, 1.82) is 10.5 Å². The third-order valence-corrected chi connectivity index (χ3v) is 1.60. The fourth-order valence-corrected chi connectivity index (χ4v) is 0.919. The predicted molar refractivity (Wildman–Crippen MR) is 55.4 cm³/mol. The van der Waals surface area contributed by atoms with Gasteiger partial charge in [-0.2, -0.15) is 15.6 Å². The van der Waals surface area contributed by atoms with E-state index >= 15 is 0 Å². The highest BCUT2D eigenvalue weighted by atomic mass is 16.6. The third kappa shape index (κ3) is 2.53. The van der Waals surface area contributed by atoms with Crippen LogP contribution in [0.1, 0.15) is 0 Å². The number of nitrogens with zero attached hydrogens (tertiary/aromatic N) is 4. The van der Waals surface area contributed by atoms with Crippen molar-refractivity contribution in [3.8, 4) is 12.1 Å². The second kappa shape index (κ2) is 5.08. The molecule has 0 bridgehead atoms. The van der Waals surface area contributed by atoms with E-state index in [0.29, 0.717) is 0 Å². The van der Waals surface area contributed by atoms with Crippen molar-refractivity contribution >= 4 is 17.1 Å². The molecule has 1 rings (SSSR count). The highest BCUT2D eigenvalue weighted by Crippen LogP contribution is 2.22. The topological polar surface area (TPSA) is 115 Å². The van der Waals surface area contributed by atoms with Gasteiger partial charge in [-0.15, -0.1) is 0 Å². The summed E-state index contributed by atoms with van der Waals surface area (Å²) in [7, 11) is 0. The van der Waals surface area contributed by atoms with Crippen LogP contribution >= 0.6 is 0 Å². The maximum absolute atomic E-state index is 10.6. The van der Waals surface area contributed by atoms with Crippen LogP contribution < -0.4 is 5.43 Å². The lowest BCUT2D eigenvalue weighted by Crippen LogP contribution is -1.99. The van der Waals surface area contributed by atoms with Gasteiger partial charge in [-0.25, -0.2) is 0 Å². The summed E-state index contributed by atoms with van der Waals surface area (Å²) in [5.41, 5.74) is 1.83. The number of para-hydroxylation sites is 2. The molecule has 0 amide bonds. The number of rotatable bonds is 3. The first-order chi connectivity index (χ1) is 7.69. The minimum absolute atomic E-state index is 0.121. The summed E-state index contributed by atoms with van der Waals surface area (Å²) in [5, 5.41) is 30.8. The quantitative estimate of drug-likeness (QED) is 0.465. The molecule has 0 aliphatic rings. The van der Waals surface area contributed by atoms with Gasteiger partial charge >= 0.3 is 0 Å². The molecule has 0 aliphatic carbocycles. The van der Waals surface area contributed by atoms with Crippen molar-refractivity contribution in [3.63, 3.8) is 0 Å². The van der Waals surface area contributed by atoms with Gasteiger partial charge in [-0.1, -0.05) is 12.1 Å². The average Bonchev–Trinajstić information content (AvgIpc) is 2.30. The maximum Gasteiger partial charge on any atom is 0.294 e. The molecule has 0 heterocycles. The van der Waals surface area contributed by atoms with Crippen molar-refractivity contribution in [1.82, 2.24) is 0 Å². The van der Waals surface area contributed by atoms with Gasteiger partial charge in [0.25, 0.3) is 5.69 Å². The largest absolute Gasteiger partial charge is 0.294 e. The van der Waals surface area contributed by atoms with Gasteiger partial charge in [0.1, 0.15) is 17.8 Å². The Bertz CT molecular complexity index is 507. The van der Waals surface area contributed by atoms with Crippen molar-refractivity contribution in [2.24, 2.45) is 5.10 Å². The van der Waals surface area contributed by atoms with E-state index in [9.17, 15) is 10.1 Å². The SMILES string of the molecule is N#CC(C#N)=NNc1ccccc1[N+](=O)[O-]. The molecule has 0 fully saturated rings. The molecule has 1 aromatic carbocycles. The smallest absolute Gasteiger partial charge is 0.270 e. The van der Waals surface area contributed by atoms with Crippen LogP contribution in [0.15, 0.2) is 29.4 Å². The van der Waals surface area contributed by atoms with Gasteiger partial charge < -0.3 is 0 Å². The summed E-state index contributed by atoms with van der Waals surface area (Å²) in [6, 6.07) is 8.84. The van der Waals surface area contributed by atoms with Gasteiger partial charge in [-0.05, 0) is 6.07 Å². The molecule has 0 saturated carbocycles. The van der Waals surface area contributed by atoms with E-state index in [2.05, 4.69) is 10.5 Å². The van der Waals surface area contributed by atoms with E-state index < -0.39 is 10.6 Å². The third-order valence-electron chi connectivity index (χ3n) is 1.60. The molecular formula is C9H5N5O2. The molecule has 1 N–H and O–H groups in total. The number of hydrogen-bond donors (Lipinski definition) is 1. The summed E-state index contributed by atoms with van der Waals surface area (Å²) >= 11 is 0. The zero-order valence-corrected chi connectivity index (χ0v) is 7.91. The van der Waals surface area contributed by atoms with Gasteiger partial charge in [0, 0.05) is 6.07 Å². The van der Waals surface area contributed by atoms with Crippen LogP contribution in [0.3, 0.4) is 0 Å². The molecule has 0 radical (unpaired) electrons. The maximum atomic E-state index is 10.6. The van der Waals surface area contributed by atoms with Crippen LogP contribution in [-0.4, -0.2) is 10.6 Å². The lowest BCUT2D eigenvalue weighted by Gasteiger charge is -2.00. The Morgan fingerprint density at radius 3 is 2.56 bits per heavy atom. The molecule has 0 spiro atoms. The van der Waals surface area contributed by atoms with Crippen molar-refractivity contribution in [2.45, 2.75) is 0 Å². The van der Waals surface area contributed by atoms with Crippen LogP contribution in [0.25, 0.3) is 0 Å². The van der Waals surface area contributed by atoms with Crippen molar-refractivity contribution in [3.05, 3.63) is 34.4 Å². The van der Waals surface area contributed by atoms with Crippen LogP contribution in [0, 0.1) is 32.8 Å². The number of nitro groups is 1. The summed E-state index contributed by atoms with van der Waals surface area (Å²) in [5.74, 6) is 0. The molecule has 7 nitrogen and oxygen atoms in total. The predicted octanol–water partition coefficient (Wildman–Crippen LogP) is 1.41. The van der Waals surface area contributed by atoms with Crippen LogP contribution in [-0.2, 0) is 0 Å². The Balaban J connectivity index is 3.00. The molecule has 0 atom stereocenters. The van der Waals surface area contributed by atoms with Crippen LogP contribution in [0.2, 0.25) is 0 Å². The van der Waals surface area contributed by atoms with Gasteiger partial charge in [0.2, 0.25) is 5.71 Å². The summed E-state index contributed by atoms with van der Waals surface area (Å²) in [6.45, 7) is 0. The summed E-state index contributed by atoms with van der Waals surface area (Å²) in [4.78, 5) is 10.0. The number of hydrazone groups is 1. The fraction of sp³-hybridized carbons (Fsp3) is 0. The highest BCUT2D eigenvalue weighted by Gasteiger charge is 2.11. The number of nitro benzene ring substituents is 1. The number of nitriles is 2. The number of anilines is 1. The van der Waals surface area contributed by atoms with Crippen molar-refractivity contribution < 1.29 is 4.92 Å². The standard InChI is InChI=1S/C9H5N5O2/c10-5-7(6-11)12-13-8-3-1-2-4-9(8)14(15)16/h1-4,13H. The molecule has 16 heavy (non-hydrogen) atoms. The number of nitrogens with one attached hydrogen (secondary N) is 1. The molecule has 1 aromatic rings. The monoisotopic (exact) mass is 215 g/mol. The molecule has 0 unspecified atom stereocenters. The Morgan fingerprint density at radius 1 is 1.38 bits per heavy atom. The fourth-order valence-electron chi connectivity index (χ4n) is 0.919. The second-order valence-corrected chi connectivity index (χ2v) is 2.57. The molecule has 0 aromatic heterocycles. The van der Waals surface area contributed by atoms with E-state index in [1.165, 1.54) is 30.3 Å². The van der Waals surface area contributed by atoms with Gasteiger partial charge in [0.05, 0.1) is 4.92 Å². The van der Waals surface area contributed by atoms with Crippen LogP contribution in [0.4, 0.5) is 11.4 Å². The second-order valence-electron chi connectivity index (χ2n) is 2.57. The Labute approximate surface area is 90.4 Å². The van der Waals surface area contributed by atoms with Gasteiger partial charge in [-0.3, -0.25) is 15.5 Å². The molecule has 78 valence electrons. The minimum Gasteiger partial charge on any atom is -0.270 e. The van der Waals surface area contributed by atoms with E-state index in [-0.39, 0.29) is 11.4 Å². The van der Waals surface area contributed by atoms with E-state index in [0.717, 1.165) is 0 Å².